The summed E-state index contributed by atoms with van der Waals surface area (Å²) in [4.78, 5) is 8.75. The highest BCUT2D eigenvalue weighted by Crippen LogP contribution is 2.17. The number of nitrogens with zero attached hydrogens (tertiary/aromatic N) is 2. The van der Waals surface area contributed by atoms with Gasteiger partial charge in [-0.25, -0.2) is 9.97 Å². The molecule has 0 bridgehead atoms. The van der Waals surface area contributed by atoms with Gasteiger partial charge in [-0.1, -0.05) is 41.1 Å². The van der Waals surface area contributed by atoms with Crippen LogP contribution in [0.15, 0.2) is 34.8 Å². The predicted molar refractivity (Wildman–Crippen MR) is 77.6 cm³/mol. The summed E-state index contributed by atoms with van der Waals surface area (Å²) < 4.78 is 1.11. The van der Waals surface area contributed by atoms with Gasteiger partial charge in [-0.2, -0.15) is 0 Å². The highest BCUT2D eigenvalue weighted by atomic mass is 79.9. The largest absolute Gasteiger partial charge is 0.366 e. The predicted octanol–water partition coefficient (Wildman–Crippen LogP) is 3.72. The minimum absolute atomic E-state index is 0.751. The molecule has 0 radical (unpaired) electrons. The van der Waals surface area contributed by atoms with E-state index in [0.717, 1.165) is 34.8 Å². The molecule has 1 aromatic carbocycles. The van der Waals surface area contributed by atoms with Crippen LogP contribution in [0.5, 0.6) is 0 Å². The van der Waals surface area contributed by atoms with E-state index in [0.29, 0.717) is 0 Å². The molecular formula is C14H16BrN3. The van der Waals surface area contributed by atoms with Crippen molar-refractivity contribution in [2.45, 2.75) is 26.8 Å². The quantitative estimate of drug-likeness (QED) is 0.935. The van der Waals surface area contributed by atoms with Gasteiger partial charge in [0, 0.05) is 22.8 Å². The number of anilines is 1. The molecule has 0 aliphatic carbocycles. The fourth-order valence-corrected chi connectivity index (χ4v) is 2.15. The molecule has 0 aliphatic heterocycles. The molecule has 0 spiro atoms. The first-order chi connectivity index (χ1) is 8.69. The highest BCUT2D eigenvalue weighted by Gasteiger charge is 2.02. The van der Waals surface area contributed by atoms with Crippen molar-refractivity contribution in [1.82, 2.24) is 9.97 Å². The van der Waals surface area contributed by atoms with Gasteiger partial charge in [0.25, 0.3) is 0 Å². The summed E-state index contributed by atoms with van der Waals surface area (Å²) in [5.41, 5.74) is 2.28. The number of aryl methyl sites for hydroxylation is 2. The summed E-state index contributed by atoms with van der Waals surface area (Å²) in [6.45, 7) is 4.77. The lowest BCUT2D eigenvalue weighted by atomic mass is 10.2. The summed E-state index contributed by atoms with van der Waals surface area (Å²) in [6.07, 6.45) is 0.924. The Morgan fingerprint density at radius 1 is 1.22 bits per heavy atom. The highest BCUT2D eigenvalue weighted by molar-refractivity contribution is 9.10. The van der Waals surface area contributed by atoms with Gasteiger partial charge in [0.2, 0.25) is 0 Å². The van der Waals surface area contributed by atoms with Crippen LogP contribution in [0, 0.1) is 6.92 Å². The molecule has 4 heteroatoms. The summed E-state index contributed by atoms with van der Waals surface area (Å²) in [5.74, 6) is 1.69. The Labute approximate surface area is 116 Å². The second-order valence-electron chi connectivity index (χ2n) is 4.09. The number of halogens is 1. The normalized spacial score (nSPS) is 10.4. The smallest absolute Gasteiger partial charge is 0.130 e. The van der Waals surface area contributed by atoms with Crippen LogP contribution >= 0.6 is 15.9 Å². The standard InChI is InChI=1S/C14H16BrN3/c1-3-12-8-14(18-10(2)17-12)16-9-11-6-4-5-7-13(11)15/h4-8H,3,9H2,1-2H3,(H,16,17,18). The summed E-state index contributed by atoms with van der Waals surface area (Å²) >= 11 is 3.54. The van der Waals surface area contributed by atoms with Crippen molar-refractivity contribution in [2.24, 2.45) is 0 Å². The molecule has 0 saturated heterocycles. The van der Waals surface area contributed by atoms with Crippen LogP contribution in [0.25, 0.3) is 0 Å². The molecule has 0 amide bonds. The number of rotatable bonds is 4. The van der Waals surface area contributed by atoms with Gasteiger partial charge in [-0.3, -0.25) is 0 Å². The Balaban J connectivity index is 2.11. The number of benzene rings is 1. The molecule has 0 aliphatic rings. The molecule has 1 aromatic heterocycles. The maximum atomic E-state index is 4.39. The summed E-state index contributed by atoms with van der Waals surface area (Å²) in [5, 5.41) is 3.34. The minimum atomic E-state index is 0.751. The minimum Gasteiger partial charge on any atom is -0.366 e. The molecule has 94 valence electrons. The van der Waals surface area contributed by atoms with E-state index in [-0.39, 0.29) is 0 Å². The fraction of sp³-hybridized carbons (Fsp3) is 0.286. The third-order valence-electron chi connectivity index (χ3n) is 2.67. The van der Waals surface area contributed by atoms with Crippen LogP contribution in [0.3, 0.4) is 0 Å². The molecule has 2 aromatic rings. The summed E-state index contributed by atoms with van der Waals surface area (Å²) in [6, 6.07) is 10.2. The third-order valence-corrected chi connectivity index (χ3v) is 3.44. The van der Waals surface area contributed by atoms with Crippen LogP contribution in [0.4, 0.5) is 5.82 Å². The molecule has 0 saturated carbocycles. The van der Waals surface area contributed by atoms with Gasteiger partial charge in [-0.15, -0.1) is 0 Å². The molecule has 3 nitrogen and oxygen atoms in total. The lowest BCUT2D eigenvalue weighted by Crippen LogP contribution is -2.05. The van der Waals surface area contributed by atoms with Gasteiger partial charge in [0.1, 0.15) is 11.6 Å². The van der Waals surface area contributed by atoms with Crippen molar-refractivity contribution < 1.29 is 0 Å². The zero-order valence-electron chi connectivity index (χ0n) is 10.6. The number of hydrogen-bond donors (Lipinski definition) is 1. The SMILES string of the molecule is CCc1cc(NCc2ccccc2Br)nc(C)n1. The van der Waals surface area contributed by atoms with E-state index in [2.05, 4.69) is 44.2 Å². The lowest BCUT2D eigenvalue weighted by molar-refractivity contribution is 0.941. The molecule has 2 rings (SSSR count). The Morgan fingerprint density at radius 2 is 2.00 bits per heavy atom. The number of nitrogens with one attached hydrogen (secondary N) is 1. The maximum absolute atomic E-state index is 4.39. The van der Waals surface area contributed by atoms with Crippen LogP contribution in [0.2, 0.25) is 0 Å². The molecule has 0 fully saturated rings. The van der Waals surface area contributed by atoms with Crippen LogP contribution < -0.4 is 5.32 Å². The van der Waals surface area contributed by atoms with Crippen LogP contribution in [-0.2, 0) is 13.0 Å². The third kappa shape index (κ3) is 3.29. The van der Waals surface area contributed by atoms with E-state index in [1.807, 2.05) is 31.2 Å². The average Bonchev–Trinajstić information content (AvgIpc) is 2.37. The second-order valence-corrected chi connectivity index (χ2v) is 4.94. The molecule has 0 unspecified atom stereocenters. The van der Waals surface area contributed by atoms with Gasteiger partial charge >= 0.3 is 0 Å². The zero-order chi connectivity index (χ0) is 13.0. The van der Waals surface area contributed by atoms with E-state index < -0.39 is 0 Å². The van der Waals surface area contributed by atoms with E-state index in [4.69, 9.17) is 0 Å². The molecular weight excluding hydrogens is 290 g/mol. The van der Waals surface area contributed by atoms with Crippen molar-refractivity contribution >= 4 is 21.7 Å². The fourth-order valence-electron chi connectivity index (χ4n) is 1.73. The Bertz CT molecular complexity index is 540. The lowest BCUT2D eigenvalue weighted by Gasteiger charge is -2.09. The number of hydrogen-bond acceptors (Lipinski definition) is 3. The topological polar surface area (TPSA) is 37.8 Å². The second kappa shape index (κ2) is 5.96. The van der Waals surface area contributed by atoms with Crippen LogP contribution in [-0.4, -0.2) is 9.97 Å². The van der Waals surface area contributed by atoms with Gasteiger partial charge < -0.3 is 5.32 Å². The molecule has 1 heterocycles. The van der Waals surface area contributed by atoms with Gasteiger partial charge in [0.05, 0.1) is 0 Å². The van der Waals surface area contributed by atoms with Crippen molar-refractivity contribution in [3.8, 4) is 0 Å². The van der Waals surface area contributed by atoms with Crippen molar-refractivity contribution in [1.29, 1.82) is 0 Å². The zero-order valence-corrected chi connectivity index (χ0v) is 12.2. The first kappa shape index (κ1) is 13.0. The molecule has 1 N–H and O–H groups in total. The Kier molecular flexibility index (Phi) is 4.31. The monoisotopic (exact) mass is 305 g/mol. The van der Waals surface area contributed by atoms with E-state index in [1.54, 1.807) is 0 Å². The average molecular weight is 306 g/mol. The Hall–Kier alpha value is -1.42. The van der Waals surface area contributed by atoms with Crippen LogP contribution in [0.1, 0.15) is 24.0 Å². The van der Waals surface area contributed by atoms with Gasteiger partial charge in [0.15, 0.2) is 0 Å². The molecule has 0 atom stereocenters. The maximum Gasteiger partial charge on any atom is 0.130 e. The first-order valence-electron chi connectivity index (χ1n) is 6.01. The van der Waals surface area contributed by atoms with Gasteiger partial charge in [-0.05, 0) is 25.0 Å². The van der Waals surface area contributed by atoms with Crippen molar-refractivity contribution in [3.05, 3.63) is 51.9 Å². The Morgan fingerprint density at radius 3 is 2.72 bits per heavy atom. The van der Waals surface area contributed by atoms with E-state index in [1.165, 1.54) is 5.56 Å². The van der Waals surface area contributed by atoms with Crippen molar-refractivity contribution in [2.75, 3.05) is 5.32 Å². The van der Waals surface area contributed by atoms with E-state index >= 15 is 0 Å². The number of aromatic nitrogens is 2. The summed E-state index contributed by atoms with van der Waals surface area (Å²) in [7, 11) is 0. The van der Waals surface area contributed by atoms with Crippen molar-refractivity contribution in [3.63, 3.8) is 0 Å². The van der Waals surface area contributed by atoms with E-state index in [9.17, 15) is 0 Å². The first-order valence-corrected chi connectivity index (χ1v) is 6.80. The molecule has 18 heavy (non-hydrogen) atoms.